The minimum atomic E-state index is 0.438. The van der Waals surface area contributed by atoms with Gasteiger partial charge in [-0.25, -0.2) is 9.97 Å². The first kappa shape index (κ1) is 16.7. The second-order valence-corrected chi connectivity index (χ2v) is 5.32. The molecule has 0 amide bonds. The van der Waals surface area contributed by atoms with E-state index in [1.807, 2.05) is 6.07 Å². The van der Waals surface area contributed by atoms with E-state index in [-0.39, 0.29) is 0 Å². The Kier molecular flexibility index (Phi) is 7.30. The maximum atomic E-state index is 5.17. The highest BCUT2D eigenvalue weighted by Gasteiger charge is 2.11. The van der Waals surface area contributed by atoms with Crippen LogP contribution in [0.15, 0.2) is 6.07 Å². The summed E-state index contributed by atoms with van der Waals surface area (Å²) >= 11 is 0. The Morgan fingerprint density at radius 2 is 2.05 bits per heavy atom. The van der Waals surface area contributed by atoms with Crippen LogP contribution in [-0.4, -0.2) is 36.7 Å². The van der Waals surface area contributed by atoms with E-state index in [1.54, 1.807) is 7.11 Å². The van der Waals surface area contributed by atoms with Crippen LogP contribution in [0.25, 0.3) is 0 Å². The highest BCUT2D eigenvalue weighted by molar-refractivity contribution is 5.49. The number of hydrogen-bond donors (Lipinski definition) is 1. The van der Waals surface area contributed by atoms with Crippen molar-refractivity contribution in [2.45, 2.75) is 40.7 Å². The highest BCUT2D eigenvalue weighted by Crippen LogP contribution is 2.17. The summed E-state index contributed by atoms with van der Waals surface area (Å²) in [5, 5.41) is 3.33. The van der Waals surface area contributed by atoms with Gasteiger partial charge in [0, 0.05) is 32.8 Å². The molecule has 0 fully saturated rings. The molecule has 0 atom stereocenters. The van der Waals surface area contributed by atoms with E-state index in [0.29, 0.717) is 12.5 Å². The van der Waals surface area contributed by atoms with Gasteiger partial charge >= 0.3 is 0 Å². The molecule has 0 saturated carbocycles. The number of ether oxygens (including phenoxy) is 1. The van der Waals surface area contributed by atoms with Gasteiger partial charge in [-0.3, -0.25) is 0 Å². The molecule has 1 N–H and O–H groups in total. The third-order valence-corrected chi connectivity index (χ3v) is 2.88. The van der Waals surface area contributed by atoms with E-state index in [0.717, 1.165) is 43.5 Å². The van der Waals surface area contributed by atoms with Crippen molar-refractivity contribution in [3.8, 4) is 0 Å². The molecule has 1 heterocycles. The number of nitrogens with one attached hydrogen (secondary N) is 1. The molecule has 0 saturated heterocycles. The second-order valence-electron chi connectivity index (χ2n) is 5.32. The molecule has 5 nitrogen and oxygen atoms in total. The first-order valence-electron chi connectivity index (χ1n) is 7.46. The third-order valence-electron chi connectivity index (χ3n) is 2.88. The molecule has 0 aliphatic rings. The average Bonchev–Trinajstić information content (AvgIpc) is 2.42. The van der Waals surface area contributed by atoms with Gasteiger partial charge in [-0.1, -0.05) is 20.8 Å². The SMILES string of the molecule is CCCNc1cc(N(CC)CC(C)C)nc(COC)n1. The van der Waals surface area contributed by atoms with Crippen molar-refractivity contribution in [2.75, 3.05) is 37.0 Å². The maximum absolute atomic E-state index is 5.17. The van der Waals surface area contributed by atoms with Crippen molar-refractivity contribution in [3.63, 3.8) is 0 Å². The molecule has 0 aliphatic carbocycles. The third kappa shape index (κ3) is 5.33. The summed E-state index contributed by atoms with van der Waals surface area (Å²) in [7, 11) is 1.67. The van der Waals surface area contributed by atoms with Crippen molar-refractivity contribution < 1.29 is 4.74 Å². The zero-order chi connectivity index (χ0) is 15.0. The van der Waals surface area contributed by atoms with E-state index in [4.69, 9.17) is 4.74 Å². The van der Waals surface area contributed by atoms with Gasteiger partial charge in [-0.2, -0.15) is 0 Å². The van der Waals surface area contributed by atoms with Crippen molar-refractivity contribution in [1.82, 2.24) is 9.97 Å². The Morgan fingerprint density at radius 1 is 1.30 bits per heavy atom. The van der Waals surface area contributed by atoms with Gasteiger partial charge in [0.25, 0.3) is 0 Å². The Labute approximate surface area is 122 Å². The van der Waals surface area contributed by atoms with Crippen LogP contribution in [0.1, 0.15) is 39.9 Å². The largest absolute Gasteiger partial charge is 0.377 e. The molecule has 0 unspecified atom stereocenters. The van der Waals surface area contributed by atoms with Gasteiger partial charge in [0.2, 0.25) is 0 Å². The summed E-state index contributed by atoms with van der Waals surface area (Å²) in [6.07, 6.45) is 1.07. The number of rotatable bonds is 9. The molecule has 0 spiro atoms. The molecule has 1 aromatic rings. The fraction of sp³-hybridized carbons (Fsp3) is 0.733. The zero-order valence-corrected chi connectivity index (χ0v) is 13.4. The Bertz CT molecular complexity index is 395. The van der Waals surface area contributed by atoms with Crippen LogP contribution >= 0.6 is 0 Å². The zero-order valence-electron chi connectivity index (χ0n) is 13.4. The molecule has 1 rings (SSSR count). The van der Waals surface area contributed by atoms with Gasteiger partial charge in [0.15, 0.2) is 5.82 Å². The van der Waals surface area contributed by atoms with Gasteiger partial charge in [-0.05, 0) is 19.3 Å². The van der Waals surface area contributed by atoms with E-state index in [1.165, 1.54) is 0 Å². The van der Waals surface area contributed by atoms with Crippen LogP contribution in [0.5, 0.6) is 0 Å². The highest BCUT2D eigenvalue weighted by atomic mass is 16.5. The summed E-state index contributed by atoms with van der Waals surface area (Å²) in [5.74, 6) is 3.18. The van der Waals surface area contributed by atoms with E-state index in [9.17, 15) is 0 Å². The monoisotopic (exact) mass is 280 g/mol. The molecule has 0 radical (unpaired) electrons. The standard InChI is InChI=1S/C15H28N4O/c1-6-8-16-13-9-15(18-14(17-13)11-20-5)19(7-2)10-12(3)4/h9,12H,6-8,10-11H2,1-5H3,(H,16,17,18). The number of nitrogens with zero attached hydrogens (tertiary/aromatic N) is 3. The van der Waals surface area contributed by atoms with Gasteiger partial charge in [0.1, 0.15) is 18.2 Å². The van der Waals surface area contributed by atoms with Crippen LogP contribution in [0.4, 0.5) is 11.6 Å². The first-order valence-corrected chi connectivity index (χ1v) is 7.46. The summed E-state index contributed by atoms with van der Waals surface area (Å²) in [5.41, 5.74) is 0. The normalized spacial score (nSPS) is 10.9. The predicted octanol–water partition coefficient (Wildman–Crippen LogP) is 2.93. The minimum Gasteiger partial charge on any atom is -0.377 e. The lowest BCUT2D eigenvalue weighted by atomic mass is 10.2. The van der Waals surface area contributed by atoms with Crippen molar-refractivity contribution in [2.24, 2.45) is 5.92 Å². The lowest BCUT2D eigenvalue weighted by Gasteiger charge is -2.24. The number of aromatic nitrogens is 2. The minimum absolute atomic E-state index is 0.438. The van der Waals surface area contributed by atoms with Gasteiger partial charge in [-0.15, -0.1) is 0 Å². The summed E-state index contributed by atoms with van der Waals surface area (Å²) in [4.78, 5) is 11.4. The Balaban J connectivity index is 2.98. The fourth-order valence-electron chi connectivity index (χ4n) is 2.01. The van der Waals surface area contributed by atoms with Crippen molar-refractivity contribution in [1.29, 1.82) is 0 Å². The number of methoxy groups -OCH3 is 1. The van der Waals surface area contributed by atoms with E-state index < -0.39 is 0 Å². The Morgan fingerprint density at radius 3 is 2.60 bits per heavy atom. The van der Waals surface area contributed by atoms with Gasteiger partial charge < -0.3 is 15.0 Å². The number of anilines is 2. The fourth-order valence-corrected chi connectivity index (χ4v) is 2.01. The topological polar surface area (TPSA) is 50.3 Å². The molecule has 0 bridgehead atoms. The lowest BCUT2D eigenvalue weighted by Crippen LogP contribution is -2.28. The van der Waals surface area contributed by atoms with Crippen LogP contribution < -0.4 is 10.2 Å². The van der Waals surface area contributed by atoms with Crippen LogP contribution in [-0.2, 0) is 11.3 Å². The van der Waals surface area contributed by atoms with Crippen LogP contribution in [0.3, 0.4) is 0 Å². The average molecular weight is 280 g/mol. The summed E-state index contributed by atoms with van der Waals surface area (Å²) in [6.45, 7) is 12.0. The molecular formula is C15H28N4O. The van der Waals surface area contributed by atoms with Crippen molar-refractivity contribution in [3.05, 3.63) is 11.9 Å². The molecular weight excluding hydrogens is 252 g/mol. The first-order chi connectivity index (χ1) is 9.60. The number of hydrogen-bond acceptors (Lipinski definition) is 5. The van der Waals surface area contributed by atoms with Crippen LogP contribution in [0.2, 0.25) is 0 Å². The molecule has 20 heavy (non-hydrogen) atoms. The summed E-state index contributed by atoms with van der Waals surface area (Å²) < 4.78 is 5.17. The van der Waals surface area contributed by atoms with Gasteiger partial charge in [0.05, 0.1) is 0 Å². The molecule has 0 aromatic carbocycles. The smallest absolute Gasteiger partial charge is 0.158 e. The van der Waals surface area contributed by atoms with Crippen molar-refractivity contribution >= 4 is 11.6 Å². The Hall–Kier alpha value is -1.36. The molecule has 5 heteroatoms. The lowest BCUT2D eigenvalue weighted by molar-refractivity contribution is 0.178. The molecule has 1 aromatic heterocycles. The van der Waals surface area contributed by atoms with E-state index in [2.05, 4.69) is 47.9 Å². The predicted molar refractivity (Wildman–Crippen MR) is 84.3 cm³/mol. The summed E-state index contributed by atoms with van der Waals surface area (Å²) in [6, 6.07) is 2.03. The second kappa shape index (κ2) is 8.74. The quantitative estimate of drug-likeness (QED) is 0.753. The van der Waals surface area contributed by atoms with Crippen LogP contribution in [0, 0.1) is 5.92 Å². The van der Waals surface area contributed by atoms with E-state index >= 15 is 0 Å². The molecule has 0 aliphatic heterocycles. The molecule has 114 valence electrons. The maximum Gasteiger partial charge on any atom is 0.158 e.